The molecular formula is C34H56O2. The van der Waals surface area contributed by atoms with Crippen LogP contribution in [0.15, 0.2) is 11.6 Å². The van der Waals surface area contributed by atoms with Gasteiger partial charge in [0.05, 0.1) is 12.5 Å². The highest BCUT2D eigenvalue weighted by Crippen LogP contribution is 2.77. The zero-order valence-electron chi connectivity index (χ0n) is 25.6. The van der Waals surface area contributed by atoms with Crippen molar-refractivity contribution in [2.45, 2.75) is 127 Å². The van der Waals surface area contributed by atoms with Crippen LogP contribution in [0.2, 0.25) is 0 Å². The predicted octanol–water partition coefficient (Wildman–Crippen LogP) is 9.23. The van der Waals surface area contributed by atoms with Crippen molar-refractivity contribution in [3.05, 3.63) is 11.6 Å². The van der Waals surface area contributed by atoms with Crippen molar-refractivity contribution in [3.8, 4) is 0 Å². The predicted molar refractivity (Wildman–Crippen MR) is 149 cm³/mol. The second kappa shape index (κ2) is 7.65. The molecule has 0 amide bonds. The third kappa shape index (κ3) is 3.05. The summed E-state index contributed by atoms with van der Waals surface area (Å²) in [6, 6.07) is 0. The summed E-state index contributed by atoms with van der Waals surface area (Å²) in [7, 11) is 1.60. The first-order valence-electron chi connectivity index (χ1n) is 15.2. The van der Waals surface area contributed by atoms with Crippen LogP contribution < -0.4 is 0 Å². The van der Waals surface area contributed by atoms with Gasteiger partial charge in [-0.25, -0.2) is 0 Å². The minimum Gasteiger partial charge on any atom is -0.469 e. The second-order valence-corrected chi connectivity index (χ2v) is 16.9. The molecule has 0 heterocycles. The number of allylic oxidation sites excluding steroid dienone is 2. The zero-order valence-corrected chi connectivity index (χ0v) is 25.6. The smallest absolute Gasteiger partial charge is 0.312 e. The van der Waals surface area contributed by atoms with Gasteiger partial charge in [-0.05, 0) is 121 Å². The van der Waals surface area contributed by atoms with E-state index in [1.54, 1.807) is 7.11 Å². The molecule has 5 aliphatic carbocycles. The summed E-state index contributed by atoms with van der Waals surface area (Å²) >= 11 is 0. The van der Waals surface area contributed by atoms with E-state index < -0.39 is 0 Å². The molecule has 4 saturated carbocycles. The molecule has 0 aromatic rings. The molecule has 0 bridgehead atoms. The Morgan fingerprint density at radius 2 is 1.53 bits per heavy atom. The lowest BCUT2D eigenvalue weighted by Crippen LogP contribution is -2.66. The van der Waals surface area contributed by atoms with Gasteiger partial charge in [0.1, 0.15) is 0 Å². The number of fused-ring (bicyclic) bond motifs is 7. The Labute approximate surface area is 222 Å². The van der Waals surface area contributed by atoms with Gasteiger partial charge in [0, 0.05) is 0 Å². The van der Waals surface area contributed by atoms with Crippen molar-refractivity contribution in [3.63, 3.8) is 0 Å². The lowest BCUT2D eigenvalue weighted by atomic mass is 9.32. The van der Waals surface area contributed by atoms with Gasteiger partial charge in [-0.2, -0.15) is 0 Å². The summed E-state index contributed by atoms with van der Waals surface area (Å²) in [4.78, 5) is 13.3. The molecule has 2 heteroatoms. The highest BCUT2D eigenvalue weighted by Gasteiger charge is 2.70. The van der Waals surface area contributed by atoms with E-state index >= 15 is 0 Å². The van der Waals surface area contributed by atoms with Crippen LogP contribution in [0.3, 0.4) is 0 Å². The van der Waals surface area contributed by atoms with E-state index in [1.165, 1.54) is 51.4 Å². The number of rotatable bonds is 1. The first kappa shape index (κ1) is 26.8. The van der Waals surface area contributed by atoms with Crippen LogP contribution in [-0.4, -0.2) is 13.1 Å². The van der Waals surface area contributed by atoms with Crippen molar-refractivity contribution in [1.29, 1.82) is 0 Å². The Bertz CT molecular complexity index is 974. The fourth-order valence-corrected chi connectivity index (χ4v) is 12.1. The number of hydrogen-bond donors (Lipinski definition) is 0. The largest absolute Gasteiger partial charge is 0.469 e. The van der Waals surface area contributed by atoms with Crippen LogP contribution in [-0.2, 0) is 9.53 Å². The summed E-state index contributed by atoms with van der Waals surface area (Å²) in [6.07, 6.45) is 14.1. The quantitative estimate of drug-likeness (QED) is 0.267. The fourth-order valence-electron chi connectivity index (χ4n) is 12.1. The first-order valence-corrected chi connectivity index (χ1v) is 15.2. The summed E-state index contributed by atoms with van der Waals surface area (Å²) in [5, 5.41) is 0. The van der Waals surface area contributed by atoms with Gasteiger partial charge in [-0.15, -0.1) is 0 Å². The van der Waals surface area contributed by atoms with Crippen molar-refractivity contribution in [1.82, 2.24) is 0 Å². The van der Waals surface area contributed by atoms with E-state index in [2.05, 4.69) is 75.3 Å². The average molecular weight is 497 g/mol. The molecule has 0 saturated heterocycles. The Morgan fingerprint density at radius 3 is 2.17 bits per heavy atom. The topological polar surface area (TPSA) is 26.3 Å². The molecule has 204 valence electrons. The van der Waals surface area contributed by atoms with Gasteiger partial charge in [0.15, 0.2) is 0 Å². The van der Waals surface area contributed by atoms with Crippen LogP contribution in [0.25, 0.3) is 0 Å². The van der Waals surface area contributed by atoms with E-state index in [0.29, 0.717) is 45.3 Å². The molecule has 0 aromatic carbocycles. The van der Waals surface area contributed by atoms with Gasteiger partial charge < -0.3 is 4.74 Å². The first-order chi connectivity index (χ1) is 16.4. The number of hydrogen-bond acceptors (Lipinski definition) is 2. The summed E-state index contributed by atoms with van der Waals surface area (Å²) in [5.74, 6) is 2.18. The van der Waals surface area contributed by atoms with E-state index in [4.69, 9.17) is 4.74 Å². The third-order valence-electron chi connectivity index (χ3n) is 14.8. The zero-order chi connectivity index (χ0) is 26.7. The molecule has 36 heavy (non-hydrogen) atoms. The average Bonchev–Trinajstić information content (AvgIpc) is 2.77. The van der Waals surface area contributed by atoms with Crippen LogP contribution in [0.4, 0.5) is 0 Å². The van der Waals surface area contributed by atoms with Crippen molar-refractivity contribution in [2.24, 2.45) is 61.6 Å². The van der Waals surface area contributed by atoms with Crippen LogP contribution in [0.1, 0.15) is 127 Å². The number of esters is 1. The third-order valence-corrected chi connectivity index (χ3v) is 14.8. The van der Waals surface area contributed by atoms with Crippen molar-refractivity contribution >= 4 is 5.97 Å². The molecule has 0 N–H and O–H groups in total. The van der Waals surface area contributed by atoms with Gasteiger partial charge in [0.25, 0.3) is 0 Å². The van der Waals surface area contributed by atoms with Gasteiger partial charge in [0.2, 0.25) is 0 Å². The van der Waals surface area contributed by atoms with Crippen LogP contribution in [0.5, 0.6) is 0 Å². The van der Waals surface area contributed by atoms with E-state index in [9.17, 15) is 4.79 Å². The lowest BCUT2D eigenvalue weighted by Gasteiger charge is -2.72. The van der Waals surface area contributed by atoms with Crippen molar-refractivity contribution in [2.75, 3.05) is 7.11 Å². The number of carbonyl (C=O) groups is 1. The molecule has 9 atom stereocenters. The Balaban J connectivity index is 1.60. The molecule has 4 fully saturated rings. The Kier molecular flexibility index (Phi) is 5.70. The second-order valence-electron chi connectivity index (χ2n) is 16.9. The molecule has 0 spiro atoms. The molecule has 2 nitrogen and oxygen atoms in total. The molecule has 0 radical (unpaired) electrons. The standard InChI is InChI=1S/C34H56O2/c1-22-14-16-30(6)25-13-12-23-24-20-28(2,3)21-29(4,5)31(24,7)18-19-32(23,8)33(25,9)17-15-26(30)34(22,10)27(35)36-11/h12,22,24-26H,13-21H2,1-11H3. The maximum atomic E-state index is 13.3. The minimum absolute atomic E-state index is 0.0351. The Morgan fingerprint density at radius 1 is 0.861 bits per heavy atom. The monoisotopic (exact) mass is 496 g/mol. The molecule has 9 unspecified atom stereocenters. The van der Waals surface area contributed by atoms with Gasteiger partial charge >= 0.3 is 5.97 Å². The summed E-state index contributed by atoms with van der Waals surface area (Å²) in [6.45, 7) is 25.3. The normalized spacial score (nSPS) is 53.1. The van der Waals surface area contributed by atoms with Gasteiger partial charge in [-0.1, -0.05) is 74.0 Å². The maximum Gasteiger partial charge on any atom is 0.312 e. The van der Waals surface area contributed by atoms with Crippen molar-refractivity contribution < 1.29 is 9.53 Å². The van der Waals surface area contributed by atoms with Crippen LogP contribution >= 0.6 is 0 Å². The summed E-state index contributed by atoms with van der Waals surface area (Å²) in [5.41, 5.74) is 3.38. The fraction of sp³-hybridized carbons (Fsp3) is 0.912. The lowest BCUT2D eigenvalue weighted by molar-refractivity contribution is -0.211. The van der Waals surface area contributed by atoms with Crippen LogP contribution in [0, 0.1) is 61.6 Å². The number of carbonyl (C=O) groups excluding carboxylic acids is 1. The highest BCUT2D eigenvalue weighted by atomic mass is 16.5. The SMILES string of the molecule is COC(=O)C1(C)C(C)CCC2(C)C1CCC1(C)C2CC=C2C3CC(C)(C)CC(C)(C)C3(C)CCC21C. The molecule has 0 aromatic heterocycles. The number of ether oxygens (including phenoxy) is 1. The maximum absolute atomic E-state index is 13.3. The molecular weight excluding hydrogens is 440 g/mol. The highest BCUT2D eigenvalue weighted by molar-refractivity contribution is 5.77. The van der Waals surface area contributed by atoms with E-state index in [-0.39, 0.29) is 22.2 Å². The molecule has 5 aliphatic rings. The minimum atomic E-state index is -0.365. The number of methoxy groups -OCH3 is 1. The van der Waals surface area contributed by atoms with E-state index in [1.807, 2.05) is 5.57 Å². The molecule has 5 rings (SSSR count). The Hall–Kier alpha value is -0.790. The summed E-state index contributed by atoms with van der Waals surface area (Å²) < 4.78 is 5.48. The molecule has 0 aliphatic heterocycles. The van der Waals surface area contributed by atoms with E-state index in [0.717, 1.165) is 6.42 Å². The van der Waals surface area contributed by atoms with Gasteiger partial charge in [-0.3, -0.25) is 4.79 Å².